The Morgan fingerprint density at radius 2 is 1.39 bits per heavy atom. The first-order valence-corrected chi connectivity index (χ1v) is 7.86. The fraction of sp³-hybridized carbons (Fsp3) is 0.143. The van der Waals surface area contributed by atoms with E-state index < -0.39 is 5.60 Å². The molecule has 23 heavy (non-hydrogen) atoms. The fourth-order valence-corrected chi connectivity index (χ4v) is 3.33. The molecule has 0 radical (unpaired) electrons. The standard InChI is InChI=1S/C21H18O2/c22-21(17-11-5-2-6-12-17)15-20(16-9-3-1-4-10-16)23-19-14-8-7-13-18(19)21/h1-14,20,22H,15H2/t20-,21-/m1/s1. The van der Waals surface area contributed by atoms with Crippen LogP contribution in [0.2, 0.25) is 0 Å². The molecule has 3 aromatic carbocycles. The molecule has 0 amide bonds. The van der Waals surface area contributed by atoms with Gasteiger partial charge in [-0.3, -0.25) is 0 Å². The predicted octanol–water partition coefficient (Wildman–Crippen LogP) is 4.45. The average molecular weight is 302 g/mol. The van der Waals surface area contributed by atoms with E-state index in [1.165, 1.54) is 0 Å². The first-order chi connectivity index (χ1) is 11.3. The van der Waals surface area contributed by atoms with Crippen LogP contribution in [-0.4, -0.2) is 5.11 Å². The Labute approximate surface area is 136 Å². The number of benzene rings is 3. The molecule has 1 aliphatic heterocycles. The van der Waals surface area contributed by atoms with Crippen LogP contribution in [-0.2, 0) is 5.60 Å². The maximum Gasteiger partial charge on any atom is 0.127 e. The highest BCUT2D eigenvalue weighted by Gasteiger charge is 2.41. The second-order valence-electron chi connectivity index (χ2n) is 5.94. The molecule has 3 aromatic rings. The summed E-state index contributed by atoms with van der Waals surface area (Å²) >= 11 is 0. The van der Waals surface area contributed by atoms with Crippen molar-refractivity contribution in [2.45, 2.75) is 18.1 Å². The van der Waals surface area contributed by atoms with Gasteiger partial charge in [-0.05, 0) is 17.2 Å². The highest BCUT2D eigenvalue weighted by molar-refractivity contribution is 5.47. The third-order valence-electron chi connectivity index (χ3n) is 4.51. The topological polar surface area (TPSA) is 29.5 Å². The molecule has 1 aliphatic rings. The van der Waals surface area contributed by atoms with Gasteiger partial charge in [-0.15, -0.1) is 0 Å². The van der Waals surface area contributed by atoms with Crippen molar-refractivity contribution in [3.8, 4) is 5.75 Å². The van der Waals surface area contributed by atoms with Crippen molar-refractivity contribution in [2.24, 2.45) is 0 Å². The van der Waals surface area contributed by atoms with Gasteiger partial charge < -0.3 is 9.84 Å². The zero-order valence-corrected chi connectivity index (χ0v) is 12.7. The minimum absolute atomic E-state index is 0.170. The Morgan fingerprint density at radius 1 is 0.783 bits per heavy atom. The minimum atomic E-state index is -1.05. The highest BCUT2D eigenvalue weighted by Crippen LogP contribution is 2.47. The van der Waals surface area contributed by atoms with Crippen LogP contribution in [0.1, 0.15) is 29.2 Å². The highest BCUT2D eigenvalue weighted by atomic mass is 16.5. The maximum absolute atomic E-state index is 11.5. The summed E-state index contributed by atoms with van der Waals surface area (Å²) in [5, 5.41) is 11.5. The van der Waals surface area contributed by atoms with Crippen LogP contribution in [0, 0.1) is 0 Å². The molecule has 1 heterocycles. The van der Waals surface area contributed by atoms with Gasteiger partial charge in [0.15, 0.2) is 0 Å². The number of hydrogen-bond donors (Lipinski definition) is 1. The van der Waals surface area contributed by atoms with Crippen molar-refractivity contribution in [2.75, 3.05) is 0 Å². The summed E-state index contributed by atoms with van der Waals surface area (Å²) in [6, 6.07) is 27.7. The summed E-state index contributed by atoms with van der Waals surface area (Å²) in [4.78, 5) is 0. The summed E-state index contributed by atoms with van der Waals surface area (Å²) < 4.78 is 6.17. The smallest absolute Gasteiger partial charge is 0.127 e. The van der Waals surface area contributed by atoms with E-state index in [4.69, 9.17) is 4.74 Å². The van der Waals surface area contributed by atoms with Crippen molar-refractivity contribution in [3.63, 3.8) is 0 Å². The van der Waals surface area contributed by atoms with Crippen LogP contribution < -0.4 is 4.74 Å². The molecule has 0 bridgehead atoms. The molecule has 0 unspecified atom stereocenters. The second-order valence-corrected chi connectivity index (χ2v) is 5.94. The molecular formula is C21H18O2. The lowest BCUT2D eigenvalue weighted by Crippen LogP contribution is -2.35. The summed E-state index contributed by atoms with van der Waals surface area (Å²) in [7, 11) is 0. The summed E-state index contributed by atoms with van der Waals surface area (Å²) in [5.74, 6) is 0.749. The lowest BCUT2D eigenvalue weighted by Gasteiger charge is -2.39. The third kappa shape index (κ3) is 2.41. The van der Waals surface area contributed by atoms with E-state index in [0.29, 0.717) is 6.42 Å². The molecule has 0 fully saturated rings. The zero-order valence-electron chi connectivity index (χ0n) is 12.7. The van der Waals surface area contributed by atoms with Gasteiger partial charge in [0.1, 0.15) is 17.5 Å². The number of rotatable bonds is 2. The van der Waals surface area contributed by atoms with Gasteiger partial charge in [0.05, 0.1) is 0 Å². The van der Waals surface area contributed by atoms with Gasteiger partial charge in [0, 0.05) is 12.0 Å². The van der Waals surface area contributed by atoms with Crippen molar-refractivity contribution in [1.29, 1.82) is 0 Å². The molecule has 0 aliphatic carbocycles. The van der Waals surface area contributed by atoms with Gasteiger partial charge in [-0.1, -0.05) is 78.9 Å². The molecule has 2 nitrogen and oxygen atoms in total. The molecule has 0 aromatic heterocycles. The van der Waals surface area contributed by atoms with Crippen LogP contribution in [0.25, 0.3) is 0 Å². The summed E-state index contributed by atoms with van der Waals surface area (Å²) in [6.07, 6.45) is 0.328. The van der Waals surface area contributed by atoms with Crippen LogP contribution in [0.3, 0.4) is 0 Å². The van der Waals surface area contributed by atoms with E-state index in [1.807, 2.05) is 84.9 Å². The van der Waals surface area contributed by atoms with E-state index >= 15 is 0 Å². The van der Waals surface area contributed by atoms with Gasteiger partial charge >= 0.3 is 0 Å². The van der Waals surface area contributed by atoms with Gasteiger partial charge in [-0.2, -0.15) is 0 Å². The summed E-state index contributed by atoms with van der Waals surface area (Å²) in [6.45, 7) is 0. The number of para-hydroxylation sites is 1. The molecule has 1 N–H and O–H groups in total. The quantitative estimate of drug-likeness (QED) is 0.758. The number of ether oxygens (including phenoxy) is 1. The Balaban J connectivity index is 1.85. The SMILES string of the molecule is O[C@@]1(c2ccccc2)C[C@H](c2ccccc2)Oc2ccccc21. The van der Waals surface area contributed by atoms with Crippen molar-refractivity contribution < 1.29 is 9.84 Å². The monoisotopic (exact) mass is 302 g/mol. The van der Waals surface area contributed by atoms with Crippen molar-refractivity contribution >= 4 is 0 Å². The Bertz CT molecular complexity index is 798. The first-order valence-electron chi connectivity index (χ1n) is 7.86. The van der Waals surface area contributed by atoms with Crippen LogP contribution >= 0.6 is 0 Å². The predicted molar refractivity (Wildman–Crippen MR) is 90.3 cm³/mol. The minimum Gasteiger partial charge on any atom is -0.485 e. The van der Waals surface area contributed by atoms with Gasteiger partial charge in [-0.25, -0.2) is 0 Å². The van der Waals surface area contributed by atoms with Crippen molar-refractivity contribution in [1.82, 2.24) is 0 Å². The number of hydrogen-bond acceptors (Lipinski definition) is 2. The Kier molecular flexibility index (Phi) is 3.40. The molecular weight excluding hydrogens is 284 g/mol. The van der Waals surface area contributed by atoms with Crippen LogP contribution in [0.5, 0.6) is 5.75 Å². The van der Waals surface area contributed by atoms with Gasteiger partial charge in [0.2, 0.25) is 0 Å². The van der Waals surface area contributed by atoms with Crippen molar-refractivity contribution in [3.05, 3.63) is 102 Å². The number of aliphatic hydroxyl groups is 1. The Morgan fingerprint density at radius 3 is 2.13 bits per heavy atom. The number of fused-ring (bicyclic) bond motifs is 1. The lowest BCUT2D eigenvalue weighted by molar-refractivity contribution is 0.000611. The summed E-state index contributed by atoms with van der Waals surface area (Å²) in [5.41, 5.74) is 1.77. The fourth-order valence-electron chi connectivity index (χ4n) is 3.33. The molecule has 0 saturated carbocycles. The van der Waals surface area contributed by atoms with Crippen LogP contribution in [0.15, 0.2) is 84.9 Å². The third-order valence-corrected chi connectivity index (χ3v) is 4.51. The molecule has 2 atom stereocenters. The average Bonchev–Trinajstić information content (AvgIpc) is 2.63. The van der Waals surface area contributed by atoms with E-state index in [1.54, 1.807) is 0 Å². The normalized spacial score (nSPS) is 22.9. The molecule has 114 valence electrons. The van der Waals surface area contributed by atoms with E-state index in [0.717, 1.165) is 22.4 Å². The lowest BCUT2D eigenvalue weighted by atomic mass is 9.78. The van der Waals surface area contributed by atoms with E-state index in [-0.39, 0.29) is 6.10 Å². The maximum atomic E-state index is 11.5. The zero-order chi connectivity index (χ0) is 15.7. The largest absolute Gasteiger partial charge is 0.485 e. The second kappa shape index (κ2) is 5.56. The molecule has 0 saturated heterocycles. The Hall–Kier alpha value is -2.58. The van der Waals surface area contributed by atoms with Crippen LogP contribution in [0.4, 0.5) is 0 Å². The van der Waals surface area contributed by atoms with E-state index in [2.05, 4.69) is 0 Å². The molecule has 2 heteroatoms. The molecule has 0 spiro atoms. The first kappa shape index (κ1) is 14.0. The molecule has 4 rings (SSSR count). The van der Waals surface area contributed by atoms with E-state index in [9.17, 15) is 5.11 Å². The van der Waals surface area contributed by atoms with Gasteiger partial charge in [0.25, 0.3) is 0 Å².